The van der Waals surface area contributed by atoms with Gasteiger partial charge in [-0.1, -0.05) is 26.2 Å². The Morgan fingerprint density at radius 1 is 1.35 bits per heavy atom. The molecule has 17 heavy (non-hydrogen) atoms. The summed E-state index contributed by atoms with van der Waals surface area (Å²) in [4.78, 5) is 6.92. The van der Waals surface area contributed by atoms with E-state index in [1.165, 1.54) is 38.5 Å². The van der Waals surface area contributed by atoms with Crippen molar-refractivity contribution in [2.24, 2.45) is 16.6 Å². The van der Waals surface area contributed by atoms with Gasteiger partial charge in [-0.2, -0.15) is 0 Å². The fraction of sp³-hybridized carbons (Fsp3) is 0.929. The normalized spacial score (nSPS) is 20.8. The quantitative estimate of drug-likeness (QED) is 0.572. The van der Waals surface area contributed by atoms with Crippen molar-refractivity contribution in [1.29, 1.82) is 0 Å². The van der Waals surface area contributed by atoms with Crippen LogP contribution < -0.4 is 5.73 Å². The summed E-state index contributed by atoms with van der Waals surface area (Å²) in [5.74, 6) is 1.47. The van der Waals surface area contributed by atoms with Crippen LogP contribution in [0.15, 0.2) is 4.99 Å². The molecule has 0 bridgehead atoms. The van der Waals surface area contributed by atoms with E-state index in [2.05, 4.69) is 30.8 Å². The minimum Gasteiger partial charge on any atom is -0.387 e. The lowest BCUT2D eigenvalue weighted by atomic mass is 9.88. The first kappa shape index (κ1) is 14.5. The third-order valence-electron chi connectivity index (χ3n) is 4.11. The second-order valence-corrected chi connectivity index (χ2v) is 5.38. The van der Waals surface area contributed by atoms with Gasteiger partial charge in [0.25, 0.3) is 0 Å². The summed E-state index contributed by atoms with van der Waals surface area (Å²) in [7, 11) is 2.17. The van der Waals surface area contributed by atoms with Crippen LogP contribution in [0.5, 0.6) is 0 Å². The van der Waals surface area contributed by atoms with Crippen LogP contribution >= 0.6 is 0 Å². The monoisotopic (exact) mass is 239 g/mol. The Morgan fingerprint density at radius 3 is 2.59 bits per heavy atom. The predicted octanol–water partition coefficient (Wildman–Crippen LogP) is 2.65. The highest BCUT2D eigenvalue weighted by Crippen LogP contribution is 2.23. The summed E-state index contributed by atoms with van der Waals surface area (Å²) in [5, 5.41) is 0. The molecule has 0 aromatic heterocycles. The SMILES string of the molecule is CCC(C)N(C)CCN=C(N)C1CCCCC1. The summed E-state index contributed by atoms with van der Waals surface area (Å²) < 4.78 is 0. The molecule has 1 unspecified atom stereocenters. The van der Waals surface area contributed by atoms with E-state index < -0.39 is 0 Å². The van der Waals surface area contributed by atoms with E-state index in [-0.39, 0.29) is 0 Å². The van der Waals surface area contributed by atoms with Crippen molar-refractivity contribution in [2.75, 3.05) is 20.1 Å². The van der Waals surface area contributed by atoms with E-state index in [0.29, 0.717) is 12.0 Å². The zero-order valence-electron chi connectivity index (χ0n) is 11.8. The van der Waals surface area contributed by atoms with Crippen molar-refractivity contribution in [3.05, 3.63) is 0 Å². The van der Waals surface area contributed by atoms with E-state index in [4.69, 9.17) is 5.73 Å². The molecule has 0 heterocycles. The van der Waals surface area contributed by atoms with Gasteiger partial charge in [-0.15, -0.1) is 0 Å². The zero-order chi connectivity index (χ0) is 12.7. The second kappa shape index (κ2) is 7.70. The average molecular weight is 239 g/mol. The fourth-order valence-corrected chi connectivity index (χ4v) is 2.40. The number of aliphatic imine (C=N–C) groups is 1. The van der Waals surface area contributed by atoms with Gasteiger partial charge in [0.15, 0.2) is 0 Å². The van der Waals surface area contributed by atoms with Gasteiger partial charge < -0.3 is 10.6 Å². The van der Waals surface area contributed by atoms with Gasteiger partial charge in [0, 0.05) is 18.5 Å². The zero-order valence-corrected chi connectivity index (χ0v) is 11.8. The Hall–Kier alpha value is -0.570. The standard InChI is InChI=1S/C14H29N3/c1-4-12(2)17(3)11-10-16-14(15)13-8-6-5-7-9-13/h12-13H,4-11H2,1-3H3,(H2,15,16). The molecule has 0 spiro atoms. The maximum absolute atomic E-state index is 6.07. The maximum atomic E-state index is 6.07. The molecule has 100 valence electrons. The Bertz CT molecular complexity index is 232. The maximum Gasteiger partial charge on any atom is 0.0968 e. The van der Waals surface area contributed by atoms with Crippen LogP contribution in [0.3, 0.4) is 0 Å². The number of nitrogens with two attached hydrogens (primary N) is 1. The van der Waals surface area contributed by atoms with E-state index in [0.717, 1.165) is 18.9 Å². The third kappa shape index (κ3) is 5.07. The lowest BCUT2D eigenvalue weighted by Crippen LogP contribution is -2.32. The molecule has 3 heteroatoms. The Balaban J connectivity index is 2.27. The summed E-state index contributed by atoms with van der Waals surface area (Å²) in [5.41, 5.74) is 6.07. The summed E-state index contributed by atoms with van der Waals surface area (Å²) in [6, 6.07) is 0.640. The van der Waals surface area contributed by atoms with Crippen LogP contribution in [0.2, 0.25) is 0 Å². The van der Waals surface area contributed by atoms with Crippen LogP contribution in [-0.2, 0) is 0 Å². The van der Waals surface area contributed by atoms with Crippen LogP contribution in [0, 0.1) is 5.92 Å². The average Bonchev–Trinajstić information content (AvgIpc) is 2.38. The van der Waals surface area contributed by atoms with E-state index >= 15 is 0 Å². The molecular formula is C14H29N3. The van der Waals surface area contributed by atoms with E-state index in [1.807, 2.05) is 0 Å². The molecular weight excluding hydrogens is 210 g/mol. The lowest BCUT2D eigenvalue weighted by Gasteiger charge is -2.23. The molecule has 0 aliphatic heterocycles. The summed E-state index contributed by atoms with van der Waals surface area (Å²) >= 11 is 0. The molecule has 1 aliphatic carbocycles. The van der Waals surface area contributed by atoms with Gasteiger partial charge in [-0.3, -0.25) is 4.99 Å². The van der Waals surface area contributed by atoms with Crippen molar-refractivity contribution in [3.8, 4) is 0 Å². The van der Waals surface area contributed by atoms with Crippen molar-refractivity contribution in [2.45, 2.75) is 58.4 Å². The molecule has 3 nitrogen and oxygen atoms in total. The van der Waals surface area contributed by atoms with Gasteiger partial charge >= 0.3 is 0 Å². The third-order valence-corrected chi connectivity index (χ3v) is 4.11. The summed E-state index contributed by atoms with van der Waals surface area (Å²) in [6.45, 7) is 6.35. The molecule has 2 N–H and O–H groups in total. The molecule has 1 saturated carbocycles. The lowest BCUT2D eigenvalue weighted by molar-refractivity contribution is 0.259. The smallest absolute Gasteiger partial charge is 0.0968 e. The molecule has 0 amide bonds. The fourth-order valence-electron chi connectivity index (χ4n) is 2.40. The molecule has 0 radical (unpaired) electrons. The van der Waals surface area contributed by atoms with Crippen LogP contribution in [0.1, 0.15) is 52.4 Å². The molecule has 0 aromatic carbocycles. The topological polar surface area (TPSA) is 41.6 Å². The Labute approximate surface area is 106 Å². The molecule has 0 aromatic rings. The minimum absolute atomic E-state index is 0.567. The van der Waals surface area contributed by atoms with Crippen molar-refractivity contribution >= 4 is 5.84 Å². The molecule has 1 atom stereocenters. The van der Waals surface area contributed by atoms with Crippen LogP contribution in [-0.4, -0.2) is 36.9 Å². The summed E-state index contributed by atoms with van der Waals surface area (Å²) in [6.07, 6.45) is 7.72. The predicted molar refractivity (Wildman–Crippen MR) is 75.4 cm³/mol. The number of amidine groups is 1. The van der Waals surface area contributed by atoms with Crippen molar-refractivity contribution < 1.29 is 0 Å². The second-order valence-electron chi connectivity index (χ2n) is 5.38. The van der Waals surface area contributed by atoms with Gasteiger partial charge in [0.2, 0.25) is 0 Å². The Morgan fingerprint density at radius 2 is 2.00 bits per heavy atom. The number of likely N-dealkylation sites (N-methyl/N-ethyl adjacent to an activating group) is 1. The molecule has 1 fully saturated rings. The van der Waals surface area contributed by atoms with E-state index in [1.54, 1.807) is 0 Å². The minimum atomic E-state index is 0.567. The highest BCUT2D eigenvalue weighted by Gasteiger charge is 2.16. The van der Waals surface area contributed by atoms with E-state index in [9.17, 15) is 0 Å². The first-order valence-electron chi connectivity index (χ1n) is 7.15. The number of rotatable bonds is 6. The number of hydrogen-bond acceptors (Lipinski definition) is 2. The first-order valence-corrected chi connectivity index (χ1v) is 7.15. The van der Waals surface area contributed by atoms with Gasteiger partial charge in [-0.25, -0.2) is 0 Å². The van der Waals surface area contributed by atoms with Crippen LogP contribution in [0.25, 0.3) is 0 Å². The van der Waals surface area contributed by atoms with Gasteiger partial charge in [0.05, 0.1) is 12.4 Å². The van der Waals surface area contributed by atoms with Crippen LogP contribution in [0.4, 0.5) is 0 Å². The van der Waals surface area contributed by atoms with Crippen molar-refractivity contribution in [3.63, 3.8) is 0 Å². The highest BCUT2D eigenvalue weighted by molar-refractivity contribution is 5.82. The highest BCUT2D eigenvalue weighted by atomic mass is 15.1. The number of nitrogens with zero attached hydrogens (tertiary/aromatic N) is 2. The molecule has 0 saturated heterocycles. The molecule has 1 aliphatic rings. The van der Waals surface area contributed by atoms with Gasteiger partial charge in [0.1, 0.15) is 0 Å². The molecule has 1 rings (SSSR count). The Kier molecular flexibility index (Phi) is 6.56. The largest absolute Gasteiger partial charge is 0.387 e. The number of hydrogen-bond donors (Lipinski definition) is 1. The first-order chi connectivity index (χ1) is 8.15. The van der Waals surface area contributed by atoms with Crippen molar-refractivity contribution in [1.82, 2.24) is 4.90 Å². The van der Waals surface area contributed by atoms with Gasteiger partial charge in [-0.05, 0) is 33.2 Å².